The van der Waals surface area contributed by atoms with Crippen molar-refractivity contribution in [3.63, 3.8) is 0 Å². The van der Waals surface area contributed by atoms with Gasteiger partial charge in [0.2, 0.25) is 0 Å². The van der Waals surface area contributed by atoms with E-state index in [2.05, 4.69) is 13.2 Å². The van der Waals surface area contributed by atoms with Gasteiger partial charge in [0.25, 0.3) is 0 Å². The minimum atomic E-state index is -0.611. The molecule has 1 N–H and O–H groups in total. The molecule has 0 aromatic heterocycles. The third kappa shape index (κ3) is 8.15. The first-order valence-electron chi connectivity index (χ1n) is 6.11. The standard InChI is InChI=1S/C14H22O5/c1-9(2)13(16)18-7-6-12(8-11(5)15)19-14(17)10(3)4/h11-12,15H,1,3,6-8H2,2,4-5H3. The van der Waals surface area contributed by atoms with Crippen LogP contribution in [0.2, 0.25) is 0 Å². The van der Waals surface area contributed by atoms with E-state index in [9.17, 15) is 14.7 Å². The van der Waals surface area contributed by atoms with E-state index in [-0.39, 0.29) is 18.6 Å². The largest absolute Gasteiger partial charge is 0.462 e. The molecule has 108 valence electrons. The summed E-state index contributed by atoms with van der Waals surface area (Å²) in [6.45, 7) is 11.7. The van der Waals surface area contributed by atoms with Crippen LogP contribution in [0.25, 0.3) is 0 Å². The Morgan fingerprint density at radius 3 is 2.11 bits per heavy atom. The highest BCUT2D eigenvalue weighted by atomic mass is 16.6. The number of carbonyl (C=O) groups excluding carboxylic acids is 2. The maximum atomic E-state index is 11.4. The molecule has 19 heavy (non-hydrogen) atoms. The Bertz CT molecular complexity index is 357. The van der Waals surface area contributed by atoms with Gasteiger partial charge in [-0.05, 0) is 20.8 Å². The molecule has 0 spiro atoms. The van der Waals surface area contributed by atoms with Gasteiger partial charge in [0, 0.05) is 24.0 Å². The predicted octanol–water partition coefficient (Wildman–Crippen LogP) is 1.75. The Hall–Kier alpha value is -1.62. The molecule has 0 saturated carbocycles. The summed E-state index contributed by atoms with van der Waals surface area (Å²) in [7, 11) is 0. The van der Waals surface area contributed by atoms with E-state index in [1.54, 1.807) is 20.8 Å². The summed E-state index contributed by atoms with van der Waals surface area (Å²) in [5.74, 6) is -1.00. The van der Waals surface area contributed by atoms with Crippen molar-refractivity contribution in [3.8, 4) is 0 Å². The molecule has 0 amide bonds. The van der Waals surface area contributed by atoms with Crippen molar-refractivity contribution in [1.29, 1.82) is 0 Å². The quantitative estimate of drug-likeness (QED) is 0.537. The number of ether oxygens (including phenoxy) is 2. The third-order valence-corrected chi connectivity index (χ3v) is 2.25. The van der Waals surface area contributed by atoms with Crippen molar-refractivity contribution >= 4 is 11.9 Å². The number of aliphatic hydroxyl groups is 1. The Morgan fingerprint density at radius 1 is 1.16 bits per heavy atom. The normalized spacial score (nSPS) is 13.3. The lowest BCUT2D eigenvalue weighted by molar-refractivity contribution is -0.147. The number of esters is 2. The molecule has 0 fully saturated rings. The fraction of sp³-hybridized carbons (Fsp3) is 0.571. The second-order valence-corrected chi connectivity index (χ2v) is 4.60. The predicted molar refractivity (Wildman–Crippen MR) is 71.4 cm³/mol. The minimum Gasteiger partial charge on any atom is -0.462 e. The molecule has 2 atom stereocenters. The average Bonchev–Trinajstić information content (AvgIpc) is 2.27. The van der Waals surface area contributed by atoms with Crippen molar-refractivity contribution < 1.29 is 24.2 Å². The van der Waals surface area contributed by atoms with E-state index >= 15 is 0 Å². The van der Waals surface area contributed by atoms with Gasteiger partial charge < -0.3 is 14.6 Å². The van der Waals surface area contributed by atoms with Gasteiger partial charge in [-0.3, -0.25) is 0 Å². The van der Waals surface area contributed by atoms with Crippen LogP contribution < -0.4 is 0 Å². The molecule has 0 bridgehead atoms. The Morgan fingerprint density at radius 2 is 1.68 bits per heavy atom. The zero-order valence-corrected chi connectivity index (χ0v) is 11.8. The van der Waals surface area contributed by atoms with Crippen LogP contribution in [0.15, 0.2) is 24.3 Å². The molecule has 0 aliphatic heterocycles. The first-order chi connectivity index (χ1) is 8.73. The van der Waals surface area contributed by atoms with Gasteiger partial charge in [0.05, 0.1) is 12.7 Å². The monoisotopic (exact) mass is 270 g/mol. The van der Waals surface area contributed by atoms with Gasteiger partial charge in [0.15, 0.2) is 0 Å². The highest BCUT2D eigenvalue weighted by Crippen LogP contribution is 2.10. The van der Waals surface area contributed by atoms with Crippen LogP contribution in [0, 0.1) is 0 Å². The van der Waals surface area contributed by atoms with Crippen LogP contribution in [0.5, 0.6) is 0 Å². The molecular formula is C14H22O5. The van der Waals surface area contributed by atoms with E-state index in [4.69, 9.17) is 9.47 Å². The van der Waals surface area contributed by atoms with Crippen LogP contribution in [0.3, 0.4) is 0 Å². The maximum absolute atomic E-state index is 11.4. The third-order valence-electron chi connectivity index (χ3n) is 2.25. The molecule has 0 aromatic carbocycles. The second kappa shape index (κ2) is 8.48. The Balaban J connectivity index is 4.28. The summed E-state index contributed by atoms with van der Waals surface area (Å²) >= 11 is 0. The molecule has 0 rings (SSSR count). The van der Waals surface area contributed by atoms with Gasteiger partial charge in [-0.1, -0.05) is 13.2 Å². The lowest BCUT2D eigenvalue weighted by atomic mass is 10.1. The van der Waals surface area contributed by atoms with Gasteiger partial charge in [-0.15, -0.1) is 0 Å². The van der Waals surface area contributed by atoms with Gasteiger partial charge >= 0.3 is 11.9 Å². The molecule has 0 aliphatic rings. The van der Waals surface area contributed by atoms with E-state index in [1.165, 1.54) is 0 Å². The molecular weight excluding hydrogens is 248 g/mol. The first kappa shape index (κ1) is 17.4. The number of carbonyl (C=O) groups is 2. The molecule has 0 radical (unpaired) electrons. The van der Waals surface area contributed by atoms with Gasteiger partial charge in [-0.25, -0.2) is 9.59 Å². The summed E-state index contributed by atoms with van der Waals surface area (Å²) in [5.41, 5.74) is 0.598. The summed E-state index contributed by atoms with van der Waals surface area (Å²) in [6, 6.07) is 0. The van der Waals surface area contributed by atoms with Crippen molar-refractivity contribution in [1.82, 2.24) is 0 Å². The van der Waals surface area contributed by atoms with Gasteiger partial charge in [-0.2, -0.15) is 0 Å². The second-order valence-electron chi connectivity index (χ2n) is 4.60. The van der Waals surface area contributed by atoms with E-state index in [1.807, 2.05) is 0 Å². The Labute approximate surface area is 113 Å². The van der Waals surface area contributed by atoms with Crippen molar-refractivity contribution in [3.05, 3.63) is 24.3 Å². The van der Waals surface area contributed by atoms with Crippen LogP contribution in [-0.4, -0.2) is 35.9 Å². The van der Waals surface area contributed by atoms with Crippen LogP contribution >= 0.6 is 0 Å². The molecule has 0 saturated heterocycles. The number of hydrogen-bond acceptors (Lipinski definition) is 5. The lowest BCUT2D eigenvalue weighted by Gasteiger charge is -2.19. The summed E-state index contributed by atoms with van der Waals surface area (Å²) in [5, 5.41) is 9.34. The number of hydrogen-bond donors (Lipinski definition) is 1. The molecule has 0 aliphatic carbocycles. The van der Waals surface area contributed by atoms with E-state index < -0.39 is 24.1 Å². The van der Waals surface area contributed by atoms with Crippen molar-refractivity contribution in [2.75, 3.05) is 6.61 Å². The highest BCUT2D eigenvalue weighted by molar-refractivity contribution is 5.87. The van der Waals surface area contributed by atoms with Crippen molar-refractivity contribution in [2.24, 2.45) is 0 Å². The molecule has 5 heteroatoms. The van der Waals surface area contributed by atoms with Crippen molar-refractivity contribution in [2.45, 2.75) is 45.8 Å². The smallest absolute Gasteiger partial charge is 0.333 e. The van der Waals surface area contributed by atoms with Crippen LogP contribution in [0.1, 0.15) is 33.6 Å². The zero-order chi connectivity index (χ0) is 15.0. The molecule has 0 heterocycles. The topological polar surface area (TPSA) is 72.8 Å². The maximum Gasteiger partial charge on any atom is 0.333 e. The zero-order valence-electron chi connectivity index (χ0n) is 11.8. The van der Waals surface area contributed by atoms with Crippen LogP contribution in [-0.2, 0) is 19.1 Å². The van der Waals surface area contributed by atoms with E-state index in [0.717, 1.165) is 0 Å². The number of aliphatic hydroxyl groups excluding tert-OH is 1. The average molecular weight is 270 g/mol. The first-order valence-corrected chi connectivity index (χ1v) is 6.11. The fourth-order valence-electron chi connectivity index (χ4n) is 1.26. The lowest BCUT2D eigenvalue weighted by Crippen LogP contribution is -2.25. The van der Waals surface area contributed by atoms with Gasteiger partial charge in [0.1, 0.15) is 6.10 Å². The number of rotatable bonds is 8. The molecule has 0 aromatic rings. The molecule has 5 nitrogen and oxygen atoms in total. The fourth-order valence-corrected chi connectivity index (χ4v) is 1.26. The molecule has 2 unspecified atom stereocenters. The summed E-state index contributed by atoms with van der Waals surface area (Å²) in [6.07, 6.45) is -0.520. The highest BCUT2D eigenvalue weighted by Gasteiger charge is 2.18. The minimum absolute atomic E-state index is 0.104. The summed E-state index contributed by atoms with van der Waals surface area (Å²) < 4.78 is 10.1. The Kier molecular flexibility index (Phi) is 7.75. The SMILES string of the molecule is C=C(C)C(=O)OCCC(CC(C)O)OC(=O)C(=C)C. The van der Waals surface area contributed by atoms with E-state index in [0.29, 0.717) is 12.0 Å². The van der Waals surface area contributed by atoms with Crippen LogP contribution in [0.4, 0.5) is 0 Å². The summed E-state index contributed by atoms with van der Waals surface area (Å²) in [4.78, 5) is 22.6.